The molecular weight excluding hydrogens is 258 g/mol. The van der Waals surface area contributed by atoms with Crippen LogP contribution < -0.4 is 0 Å². The summed E-state index contributed by atoms with van der Waals surface area (Å²) in [6.07, 6.45) is 2.23. The fraction of sp³-hybridized carbons (Fsp3) is 0.316. The van der Waals surface area contributed by atoms with Crippen molar-refractivity contribution in [2.24, 2.45) is 0 Å². The van der Waals surface area contributed by atoms with Crippen LogP contribution in [-0.4, -0.2) is 23.9 Å². The number of hydrogen-bond acceptors (Lipinski definition) is 1. The molecule has 2 heteroatoms. The second-order valence-corrected chi connectivity index (χ2v) is 5.86. The zero-order chi connectivity index (χ0) is 14.7. The summed E-state index contributed by atoms with van der Waals surface area (Å²) in [6.45, 7) is 3.82. The van der Waals surface area contributed by atoms with E-state index < -0.39 is 5.41 Å². The SMILES string of the molecule is CC(C(=O)N1CCCC1)(c1ccccc1)c1ccccc1. The Morgan fingerprint density at radius 1 is 0.857 bits per heavy atom. The van der Waals surface area contributed by atoms with Crippen molar-refractivity contribution in [1.82, 2.24) is 4.90 Å². The van der Waals surface area contributed by atoms with E-state index in [0.717, 1.165) is 37.1 Å². The number of carbonyl (C=O) groups excluding carboxylic acids is 1. The van der Waals surface area contributed by atoms with Crippen molar-refractivity contribution in [1.29, 1.82) is 0 Å². The first kappa shape index (κ1) is 13.9. The number of rotatable bonds is 3. The Kier molecular flexibility index (Phi) is 3.78. The summed E-state index contributed by atoms with van der Waals surface area (Å²) >= 11 is 0. The maximum atomic E-state index is 13.2. The van der Waals surface area contributed by atoms with Gasteiger partial charge in [-0.3, -0.25) is 4.79 Å². The molecule has 0 bridgehead atoms. The van der Waals surface area contributed by atoms with Crippen LogP contribution in [0.3, 0.4) is 0 Å². The number of benzene rings is 2. The molecule has 0 atom stereocenters. The van der Waals surface area contributed by atoms with Crippen molar-refractivity contribution in [3.63, 3.8) is 0 Å². The van der Waals surface area contributed by atoms with Gasteiger partial charge in [-0.25, -0.2) is 0 Å². The van der Waals surface area contributed by atoms with Crippen LogP contribution >= 0.6 is 0 Å². The van der Waals surface area contributed by atoms with E-state index in [-0.39, 0.29) is 5.91 Å². The fourth-order valence-electron chi connectivity index (χ4n) is 3.19. The lowest BCUT2D eigenvalue weighted by molar-refractivity contribution is -0.134. The van der Waals surface area contributed by atoms with Crippen molar-refractivity contribution in [3.05, 3.63) is 71.8 Å². The summed E-state index contributed by atoms with van der Waals surface area (Å²) < 4.78 is 0. The van der Waals surface area contributed by atoms with Crippen molar-refractivity contribution >= 4 is 5.91 Å². The lowest BCUT2D eigenvalue weighted by atomic mass is 9.75. The molecule has 0 N–H and O–H groups in total. The smallest absolute Gasteiger partial charge is 0.237 e. The molecule has 0 spiro atoms. The van der Waals surface area contributed by atoms with Crippen LogP contribution in [0.1, 0.15) is 30.9 Å². The van der Waals surface area contributed by atoms with Gasteiger partial charge in [0.1, 0.15) is 0 Å². The molecule has 0 saturated carbocycles. The molecule has 1 heterocycles. The van der Waals surface area contributed by atoms with E-state index in [1.807, 2.05) is 41.3 Å². The first-order valence-corrected chi connectivity index (χ1v) is 7.63. The van der Waals surface area contributed by atoms with Crippen molar-refractivity contribution in [3.8, 4) is 0 Å². The Bertz CT molecular complexity index is 560. The summed E-state index contributed by atoms with van der Waals surface area (Å²) in [5.41, 5.74) is 1.52. The minimum Gasteiger partial charge on any atom is -0.342 e. The van der Waals surface area contributed by atoms with Crippen LogP contribution in [-0.2, 0) is 10.2 Å². The standard InChI is InChI=1S/C19H21NO/c1-19(16-10-4-2-5-11-16,17-12-6-3-7-13-17)18(21)20-14-8-9-15-20/h2-7,10-13H,8-9,14-15H2,1H3. The molecule has 21 heavy (non-hydrogen) atoms. The maximum absolute atomic E-state index is 13.2. The Morgan fingerprint density at radius 3 is 1.71 bits per heavy atom. The summed E-state index contributed by atoms with van der Waals surface area (Å²) in [5, 5.41) is 0. The van der Waals surface area contributed by atoms with Gasteiger partial charge in [-0.2, -0.15) is 0 Å². The van der Waals surface area contributed by atoms with Gasteiger partial charge in [0.25, 0.3) is 0 Å². The van der Waals surface area contributed by atoms with Gasteiger partial charge in [0.15, 0.2) is 0 Å². The molecule has 0 radical (unpaired) electrons. The molecule has 108 valence electrons. The average Bonchev–Trinajstić information content (AvgIpc) is 3.09. The van der Waals surface area contributed by atoms with Crippen molar-refractivity contribution < 1.29 is 4.79 Å². The predicted octanol–water partition coefficient (Wildman–Crippen LogP) is 3.62. The Labute approximate surface area is 126 Å². The van der Waals surface area contributed by atoms with Crippen molar-refractivity contribution in [2.45, 2.75) is 25.2 Å². The molecule has 2 aromatic rings. The Hall–Kier alpha value is -2.09. The quantitative estimate of drug-likeness (QED) is 0.840. The molecule has 1 saturated heterocycles. The molecule has 0 aliphatic carbocycles. The largest absolute Gasteiger partial charge is 0.342 e. The molecule has 3 rings (SSSR count). The number of nitrogens with zero attached hydrogens (tertiary/aromatic N) is 1. The van der Waals surface area contributed by atoms with Crippen LogP contribution in [0.5, 0.6) is 0 Å². The van der Waals surface area contributed by atoms with E-state index in [0.29, 0.717) is 0 Å². The molecule has 1 aliphatic rings. The molecule has 0 aromatic heterocycles. The van der Waals surface area contributed by atoms with E-state index in [1.54, 1.807) is 0 Å². The molecule has 2 aromatic carbocycles. The van der Waals surface area contributed by atoms with Crippen LogP contribution in [0.25, 0.3) is 0 Å². The summed E-state index contributed by atoms with van der Waals surface area (Å²) in [6, 6.07) is 20.2. The van der Waals surface area contributed by atoms with Gasteiger partial charge in [-0.05, 0) is 30.9 Å². The Morgan fingerprint density at radius 2 is 1.29 bits per heavy atom. The van der Waals surface area contributed by atoms with E-state index in [4.69, 9.17) is 0 Å². The van der Waals surface area contributed by atoms with Crippen LogP contribution in [0.15, 0.2) is 60.7 Å². The second kappa shape index (κ2) is 5.72. The van der Waals surface area contributed by atoms with Crippen LogP contribution in [0, 0.1) is 0 Å². The highest BCUT2D eigenvalue weighted by molar-refractivity contribution is 5.91. The summed E-state index contributed by atoms with van der Waals surface area (Å²) in [5.74, 6) is 0.220. The predicted molar refractivity (Wildman–Crippen MR) is 85.2 cm³/mol. The van der Waals surface area contributed by atoms with E-state index in [1.165, 1.54) is 0 Å². The summed E-state index contributed by atoms with van der Waals surface area (Å²) in [7, 11) is 0. The lowest BCUT2D eigenvalue weighted by Gasteiger charge is -2.33. The average molecular weight is 279 g/mol. The topological polar surface area (TPSA) is 20.3 Å². The van der Waals surface area contributed by atoms with E-state index in [2.05, 4.69) is 31.2 Å². The molecule has 1 aliphatic heterocycles. The summed E-state index contributed by atoms with van der Waals surface area (Å²) in [4.78, 5) is 15.2. The van der Waals surface area contributed by atoms with Gasteiger partial charge in [-0.15, -0.1) is 0 Å². The first-order chi connectivity index (χ1) is 10.2. The monoisotopic (exact) mass is 279 g/mol. The van der Waals surface area contributed by atoms with Gasteiger partial charge in [0.05, 0.1) is 5.41 Å². The highest BCUT2D eigenvalue weighted by atomic mass is 16.2. The highest BCUT2D eigenvalue weighted by Gasteiger charge is 2.40. The zero-order valence-corrected chi connectivity index (χ0v) is 12.5. The third-order valence-corrected chi connectivity index (χ3v) is 4.52. The fourth-order valence-corrected chi connectivity index (χ4v) is 3.19. The molecule has 1 amide bonds. The van der Waals surface area contributed by atoms with Gasteiger partial charge < -0.3 is 4.90 Å². The molecule has 2 nitrogen and oxygen atoms in total. The first-order valence-electron chi connectivity index (χ1n) is 7.63. The van der Waals surface area contributed by atoms with Gasteiger partial charge in [0.2, 0.25) is 5.91 Å². The Balaban J connectivity index is 2.08. The van der Waals surface area contributed by atoms with Gasteiger partial charge in [0, 0.05) is 13.1 Å². The van der Waals surface area contributed by atoms with E-state index in [9.17, 15) is 4.79 Å². The van der Waals surface area contributed by atoms with Crippen molar-refractivity contribution in [2.75, 3.05) is 13.1 Å². The second-order valence-electron chi connectivity index (χ2n) is 5.86. The number of hydrogen-bond donors (Lipinski definition) is 0. The normalized spacial score (nSPS) is 15.2. The van der Waals surface area contributed by atoms with Crippen LogP contribution in [0.2, 0.25) is 0 Å². The molecule has 0 unspecified atom stereocenters. The number of carbonyl (C=O) groups is 1. The lowest BCUT2D eigenvalue weighted by Crippen LogP contribution is -2.44. The molecule has 1 fully saturated rings. The van der Waals surface area contributed by atoms with E-state index >= 15 is 0 Å². The number of likely N-dealkylation sites (tertiary alicyclic amines) is 1. The third kappa shape index (κ3) is 2.46. The minimum atomic E-state index is -0.604. The van der Waals surface area contributed by atoms with Gasteiger partial charge >= 0.3 is 0 Å². The zero-order valence-electron chi connectivity index (χ0n) is 12.5. The maximum Gasteiger partial charge on any atom is 0.237 e. The third-order valence-electron chi connectivity index (χ3n) is 4.52. The number of amides is 1. The highest BCUT2D eigenvalue weighted by Crippen LogP contribution is 2.34. The molecular formula is C19H21NO. The minimum absolute atomic E-state index is 0.220. The van der Waals surface area contributed by atoms with Crippen LogP contribution in [0.4, 0.5) is 0 Å². The van der Waals surface area contributed by atoms with Gasteiger partial charge in [-0.1, -0.05) is 60.7 Å².